The van der Waals surface area contributed by atoms with E-state index < -0.39 is 10.0 Å². The Morgan fingerprint density at radius 1 is 1.32 bits per heavy atom. The van der Waals surface area contributed by atoms with Crippen molar-refractivity contribution in [3.8, 4) is 0 Å². The first-order chi connectivity index (χ1) is 11.8. The lowest BCUT2D eigenvalue weighted by molar-refractivity contribution is 0.0925. The highest BCUT2D eigenvalue weighted by molar-refractivity contribution is 7.89. The van der Waals surface area contributed by atoms with Gasteiger partial charge in [-0.25, -0.2) is 8.42 Å². The molecule has 1 aromatic carbocycles. The van der Waals surface area contributed by atoms with Crippen LogP contribution >= 0.6 is 0 Å². The van der Waals surface area contributed by atoms with Gasteiger partial charge in [-0.05, 0) is 50.9 Å². The first-order valence-corrected chi connectivity index (χ1v) is 10.4. The third-order valence-electron chi connectivity index (χ3n) is 4.73. The van der Waals surface area contributed by atoms with Crippen molar-refractivity contribution in [1.82, 2.24) is 14.9 Å². The molecule has 0 aromatic heterocycles. The standard InChI is InChI=1S/C18H29N3O3S/c1-5-21(6-2)25(23,24)17-12-15(8-7-13(17)3)18(22)20-16-9-10-19-14(4)11-16/h7-8,12,14,16,19H,5-6,9-11H2,1-4H3,(H,20,22). The van der Waals surface area contributed by atoms with Crippen molar-refractivity contribution >= 4 is 15.9 Å². The zero-order valence-corrected chi connectivity index (χ0v) is 16.3. The van der Waals surface area contributed by atoms with Gasteiger partial charge in [0.1, 0.15) is 0 Å². The minimum Gasteiger partial charge on any atom is -0.349 e. The van der Waals surface area contributed by atoms with Crippen molar-refractivity contribution in [2.24, 2.45) is 0 Å². The van der Waals surface area contributed by atoms with Crippen LogP contribution < -0.4 is 10.6 Å². The molecule has 140 valence electrons. The second-order valence-corrected chi connectivity index (χ2v) is 8.53. The molecule has 1 heterocycles. The molecule has 2 rings (SSSR count). The normalized spacial score (nSPS) is 21.3. The SMILES string of the molecule is CCN(CC)S(=O)(=O)c1cc(C(=O)NC2CCNC(C)C2)ccc1C. The van der Waals surface area contributed by atoms with Crippen molar-refractivity contribution in [2.75, 3.05) is 19.6 Å². The van der Waals surface area contributed by atoms with Gasteiger partial charge in [-0.1, -0.05) is 19.9 Å². The Kier molecular flexibility index (Phi) is 6.59. The number of aryl methyl sites for hydroxylation is 1. The highest BCUT2D eigenvalue weighted by Gasteiger charge is 2.26. The van der Waals surface area contributed by atoms with Crippen LogP contribution in [0.25, 0.3) is 0 Å². The Hall–Kier alpha value is -1.44. The fourth-order valence-corrected chi connectivity index (χ4v) is 4.96. The van der Waals surface area contributed by atoms with Gasteiger partial charge in [0.15, 0.2) is 0 Å². The minimum absolute atomic E-state index is 0.118. The summed E-state index contributed by atoms with van der Waals surface area (Å²) in [5.74, 6) is -0.213. The van der Waals surface area contributed by atoms with E-state index in [9.17, 15) is 13.2 Å². The van der Waals surface area contributed by atoms with E-state index in [0.717, 1.165) is 19.4 Å². The van der Waals surface area contributed by atoms with Gasteiger partial charge >= 0.3 is 0 Å². The van der Waals surface area contributed by atoms with Crippen molar-refractivity contribution in [3.05, 3.63) is 29.3 Å². The number of piperidine rings is 1. The summed E-state index contributed by atoms with van der Waals surface area (Å²) >= 11 is 0. The van der Waals surface area contributed by atoms with Crippen LogP contribution in [0.5, 0.6) is 0 Å². The summed E-state index contributed by atoms with van der Waals surface area (Å²) in [6.45, 7) is 9.16. The molecular formula is C18H29N3O3S. The second kappa shape index (κ2) is 8.29. The average Bonchev–Trinajstić information content (AvgIpc) is 2.55. The quantitative estimate of drug-likeness (QED) is 0.805. The molecular weight excluding hydrogens is 338 g/mol. The van der Waals surface area contributed by atoms with E-state index in [4.69, 9.17) is 0 Å². The van der Waals surface area contributed by atoms with Crippen LogP contribution in [0.15, 0.2) is 23.1 Å². The summed E-state index contributed by atoms with van der Waals surface area (Å²) in [6, 6.07) is 5.39. The molecule has 2 atom stereocenters. The number of amides is 1. The van der Waals surface area contributed by atoms with Crippen LogP contribution in [0.4, 0.5) is 0 Å². The van der Waals surface area contributed by atoms with E-state index in [1.807, 2.05) is 13.8 Å². The van der Waals surface area contributed by atoms with Gasteiger partial charge in [-0.2, -0.15) is 4.31 Å². The predicted molar refractivity (Wildman–Crippen MR) is 99.2 cm³/mol. The van der Waals surface area contributed by atoms with Gasteiger partial charge in [0.25, 0.3) is 5.91 Å². The van der Waals surface area contributed by atoms with Crippen molar-refractivity contribution in [1.29, 1.82) is 0 Å². The Bertz CT molecular complexity index is 714. The number of carbonyl (C=O) groups excluding carboxylic acids is 1. The zero-order chi connectivity index (χ0) is 18.6. The van der Waals surface area contributed by atoms with E-state index in [1.165, 1.54) is 10.4 Å². The van der Waals surface area contributed by atoms with Gasteiger partial charge < -0.3 is 10.6 Å². The first-order valence-electron chi connectivity index (χ1n) is 8.94. The van der Waals surface area contributed by atoms with Crippen LogP contribution in [0.3, 0.4) is 0 Å². The fraction of sp³-hybridized carbons (Fsp3) is 0.611. The van der Waals surface area contributed by atoms with Gasteiger partial charge in [0.05, 0.1) is 4.90 Å². The molecule has 25 heavy (non-hydrogen) atoms. The summed E-state index contributed by atoms with van der Waals surface area (Å²) < 4.78 is 27.0. The number of nitrogens with one attached hydrogen (secondary N) is 2. The Morgan fingerprint density at radius 2 is 2.00 bits per heavy atom. The molecule has 7 heteroatoms. The second-order valence-electron chi connectivity index (χ2n) is 6.62. The van der Waals surface area contributed by atoms with Crippen LogP contribution in [0, 0.1) is 6.92 Å². The number of hydrogen-bond donors (Lipinski definition) is 2. The molecule has 2 N–H and O–H groups in total. The molecule has 0 spiro atoms. The Balaban J connectivity index is 2.24. The monoisotopic (exact) mass is 367 g/mol. The lowest BCUT2D eigenvalue weighted by Gasteiger charge is -2.28. The van der Waals surface area contributed by atoms with Gasteiger partial charge in [0, 0.05) is 30.7 Å². The summed E-state index contributed by atoms with van der Waals surface area (Å²) in [7, 11) is -3.59. The summed E-state index contributed by atoms with van der Waals surface area (Å²) in [4.78, 5) is 12.8. The van der Waals surface area contributed by atoms with Crippen LogP contribution in [0.2, 0.25) is 0 Å². The number of carbonyl (C=O) groups is 1. The molecule has 1 amide bonds. The number of sulfonamides is 1. The summed E-state index contributed by atoms with van der Waals surface area (Å²) in [5.41, 5.74) is 1.04. The molecule has 2 unspecified atom stereocenters. The molecule has 0 bridgehead atoms. The van der Waals surface area contributed by atoms with E-state index in [1.54, 1.807) is 19.1 Å². The molecule has 1 aromatic rings. The minimum atomic E-state index is -3.59. The van der Waals surface area contributed by atoms with E-state index in [-0.39, 0.29) is 16.8 Å². The maximum Gasteiger partial charge on any atom is 0.251 e. The number of nitrogens with zero attached hydrogens (tertiary/aromatic N) is 1. The molecule has 0 saturated carbocycles. The summed E-state index contributed by atoms with van der Waals surface area (Å²) in [5, 5.41) is 6.38. The highest BCUT2D eigenvalue weighted by Crippen LogP contribution is 2.21. The number of benzene rings is 1. The zero-order valence-electron chi connectivity index (χ0n) is 15.5. The lowest BCUT2D eigenvalue weighted by Crippen LogP contribution is -2.46. The van der Waals surface area contributed by atoms with Gasteiger partial charge in [0.2, 0.25) is 10.0 Å². The molecule has 1 saturated heterocycles. The largest absolute Gasteiger partial charge is 0.349 e. The third kappa shape index (κ3) is 4.59. The van der Waals surface area contributed by atoms with Crippen LogP contribution in [0.1, 0.15) is 49.5 Å². The summed E-state index contributed by atoms with van der Waals surface area (Å²) in [6.07, 6.45) is 1.76. The third-order valence-corrected chi connectivity index (χ3v) is 6.92. The van der Waals surface area contributed by atoms with Crippen molar-refractivity contribution in [2.45, 2.75) is 57.5 Å². The lowest BCUT2D eigenvalue weighted by atomic mass is 10.00. The van der Waals surface area contributed by atoms with Crippen LogP contribution in [-0.2, 0) is 10.0 Å². The van der Waals surface area contributed by atoms with Gasteiger partial charge in [-0.15, -0.1) is 0 Å². The van der Waals surface area contributed by atoms with Crippen LogP contribution in [-0.4, -0.2) is 50.3 Å². The van der Waals surface area contributed by atoms with E-state index >= 15 is 0 Å². The van der Waals surface area contributed by atoms with E-state index in [2.05, 4.69) is 17.6 Å². The maximum absolute atomic E-state index is 12.8. The molecule has 0 radical (unpaired) electrons. The first kappa shape index (κ1) is 19.9. The Labute approximate surface area is 151 Å². The molecule has 1 fully saturated rings. The Morgan fingerprint density at radius 3 is 2.60 bits per heavy atom. The molecule has 1 aliphatic rings. The maximum atomic E-state index is 12.8. The molecule has 6 nitrogen and oxygen atoms in total. The predicted octanol–water partition coefficient (Wildman–Crippen LogP) is 1.90. The highest BCUT2D eigenvalue weighted by atomic mass is 32.2. The number of rotatable bonds is 6. The number of hydrogen-bond acceptors (Lipinski definition) is 4. The smallest absolute Gasteiger partial charge is 0.251 e. The molecule has 0 aliphatic carbocycles. The molecule has 1 aliphatic heterocycles. The van der Waals surface area contributed by atoms with Crippen molar-refractivity contribution < 1.29 is 13.2 Å². The topological polar surface area (TPSA) is 78.5 Å². The average molecular weight is 368 g/mol. The van der Waals surface area contributed by atoms with E-state index in [0.29, 0.717) is 30.3 Å². The van der Waals surface area contributed by atoms with Gasteiger partial charge in [-0.3, -0.25) is 4.79 Å². The fourth-order valence-electron chi connectivity index (χ4n) is 3.25. The van der Waals surface area contributed by atoms with Crippen molar-refractivity contribution in [3.63, 3.8) is 0 Å².